The molecule has 1 heterocycles. The van der Waals surface area contributed by atoms with E-state index >= 15 is 0 Å². The number of rotatable bonds is 3. The average Bonchev–Trinajstić information content (AvgIpc) is 2.17. The first-order valence-electron chi connectivity index (χ1n) is 5.06. The Bertz CT molecular complexity index is 283. The summed E-state index contributed by atoms with van der Waals surface area (Å²) in [5.74, 6) is 1.64. The Morgan fingerprint density at radius 1 is 1.50 bits per heavy atom. The summed E-state index contributed by atoms with van der Waals surface area (Å²) in [6, 6.07) is 5.92. The Kier molecular flexibility index (Phi) is 2.68. The highest BCUT2D eigenvalue weighted by atomic mass is 16.3. The molecule has 0 spiro atoms. The normalized spacial score (nSPS) is 25.6. The molecule has 14 heavy (non-hydrogen) atoms. The fourth-order valence-corrected chi connectivity index (χ4v) is 1.91. The van der Waals surface area contributed by atoms with Crippen molar-refractivity contribution in [2.75, 3.05) is 18.5 Å². The molecule has 1 N–H and O–H groups in total. The molecule has 0 unspecified atom stereocenters. The molecular weight excluding hydrogens is 176 g/mol. The molecule has 1 aromatic heterocycles. The Morgan fingerprint density at radius 3 is 2.86 bits per heavy atom. The fourth-order valence-electron chi connectivity index (χ4n) is 1.91. The predicted octanol–water partition coefficient (Wildman–Crippen LogP) is 1.29. The average molecular weight is 192 g/mol. The van der Waals surface area contributed by atoms with Crippen molar-refractivity contribution < 1.29 is 5.11 Å². The van der Waals surface area contributed by atoms with E-state index in [9.17, 15) is 0 Å². The number of aliphatic hydroxyl groups excluding tert-OH is 1. The van der Waals surface area contributed by atoms with Gasteiger partial charge in [-0.05, 0) is 30.9 Å². The Hall–Kier alpha value is -1.09. The molecule has 1 aromatic rings. The first kappa shape index (κ1) is 9.46. The minimum atomic E-state index is -0.0582. The maximum absolute atomic E-state index is 9.17. The predicted molar refractivity (Wildman–Crippen MR) is 56.2 cm³/mol. The van der Waals surface area contributed by atoms with Crippen LogP contribution in [-0.2, 0) is 0 Å². The van der Waals surface area contributed by atoms with Crippen molar-refractivity contribution in [3.63, 3.8) is 0 Å². The molecule has 1 saturated carbocycles. The molecule has 3 nitrogen and oxygen atoms in total. The van der Waals surface area contributed by atoms with E-state index in [4.69, 9.17) is 5.11 Å². The van der Waals surface area contributed by atoms with Crippen LogP contribution >= 0.6 is 0 Å². The van der Waals surface area contributed by atoms with Crippen LogP contribution in [0.25, 0.3) is 0 Å². The molecule has 0 atom stereocenters. The third-order valence-corrected chi connectivity index (χ3v) is 2.78. The number of anilines is 1. The lowest BCUT2D eigenvalue weighted by Gasteiger charge is -2.34. The van der Waals surface area contributed by atoms with Crippen LogP contribution in [-0.4, -0.2) is 29.8 Å². The summed E-state index contributed by atoms with van der Waals surface area (Å²) in [4.78, 5) is 6.42. The van der Waals surface area contributed by atoms with Crippen LogP contribution < -0.4 is 4.90 Å². The summed E-state index contributed by atoms with van der Waals surface area (Å²) in [6.07, 6.45) is 3.63. The summed E-state index contributed by atoms with van der Waals surface area (Å²) in [6.45, 7) is 0.994. The first-order chi connectivity index (χ1) is 6.75. The van der Waals surface area contributed by atoms with Gasteiger partial charge in [0.1, 0.15) is 5.82 Å². The minimum absolute atomic E-state index is 0.0582. The molecule has 0 bridgehead atoms. The third kappa shape index (κ3) is 2.04. The molecule has 0 saturated heterocycles. The number of nitrogens with zero attached hydrogens (tertiary/aromatic N) is 2. The number of pyridine rings is 1. The van der Waals surface area contributed by atoms with Gasteiger partial charge < -0.3 is 10.0 Å². The molecule has 0 aromatic carbocycles. The van der Waals surface area contributed by atoms with Gasteiger partial charge in [0, 0.05) is 19.8 Å². The van der Waals surface area contributed by atoms with E-state index in [0.29, 0.717) is 5.92 Å². The van der Waals surface area contributed by atoms with E-state index in [2.05, 4.69) is 9.88 Å². The van der Waals surface area contributed by atoms with E-state index in [-0.39, 0.29) is 6.10 Å². The quantitative estimate of drug-likeness (QED) is 0.784. The van der Waals surface area contributed by atoms with Crippen LogP contribution in [0.1, 0.15) is 12.8 Å². The molecule has 2 rings (SSSR count). The Labute approximate surface area is 84.4 Å². The topological polar surface area (TPSA) is 36.4 Å². The van der Waals surface area contributed by atoms with E-state index in [1.807, 2.05) is 25.2 Å². The molecular formula is C11H16N2O. The van der Waals surface area contributed by atoms with Crippen molar-refractivity contribution in [1.29, 1.82) is 0 Å². The van der Waals surface area contributed by atoms with Gasteiger partial charge in [0.2, 0.25) is 0 Å². The molecule has 1 fully saturated rings. The zero-order chi connectivity index (χ0) is 9.97. The van der Waals surface area contributed by atoms with Gasteiger partial charge in [-0.25, -0.2) is 4.98 Å². The SMILES string of the molecule is CN(CC1CC(O)C1)c1ccccn1. The van der Waals surface area contributed by atoms with Crippen LogP contribution in [0.5, 0.6) is 0 Å². The van der Waals surface area contributed by atoms with Crippen molar-refractivity contribution in [2.45, 2.75) is 18.9 Å². The molecule has 0 radical (unpaired) electrons. The lowest BCUT2D eigenvalue weighted by molar-refractivity contribution is 0.0464. The largest absolute Gasteiger partial charge is 0.393 e. The highest BCUT2D eigenvalue weighted by Gasteiger charge is 2.28. The van der Waals surface area contributed by atoms with Crippen LogP contribution in [0.15, 0.2) is 24.4 Å². The van der Waals surface area contributed by atoms with Crippen LogP contribution in [0.4, 0.5) is 5.82 Å². The zero-order valence-electron chi connectivity index (χ0n) is 8.43. The second-order valence-electron chi connectivity index (χ2n) is 4.06. The second kappa shape index (κ2) is 3.96. The van der Waals surface area contributed by atoms with Gasteiger partial charge in [-0.1, -0.05) is 6.07 Å². The van der Waals surface area contributed by atoms with Crippen LogP contribution in [0.2, 0.25) is 0 Å². The number of hydrogen-bond donors (Lipinski definition) is 1. The fraction of sp³-hybridized carbons (Fsp3) is 0.545. The molecule has 1 aliphatic carbocycles. The van der Waals surface area contributed by atoms with Gasteiger partial charge in [0.15, 0.2) is 0 Å². The molecule has 1 aliphatic rings. The summed E-state index contributed by atoms with van der Waals surface area (Å²) < 4.78 is 0. The highest BCUT2D eigenvalue weighted by molar-refractivity contribution is 5.36. The standard InChI is InChI=1S/C11H16N2O/c1-13(8-9-6-10(14)7-9)11-4-2-3-5-12-11/h2-5,9-10,14H,6-8H2,1H3. The van der Waals surface area contributed by atoms with E-state index < -0.39 is 0 Å². The van der Waals surface area contributed by atoms with Crippen molar-refractivity contribution in [2.24, 2.45) is 5.92 Å². The van der Waals surface area contributed by atoms with Gasteiger partial charge in [-0.2, -0.15) is 0 Å². The van der Waals surface area contributed by atoms with Crippen molar-refractivity contribution in [1.82, 2.24) is 4.98 Å². The number of aromatic nitrogens is 1. The smallest absolute Gasteiger partial charge is 0.128 e. The molecule has 0 amide bonds. The Morgan fingerprint density at radius 2 is 2.29 bits per heavy atom. The number of aliphatic hydroxyl groups is 1. The van der Waals surface area contributed by atoms with Crippen LogP contribution in [0.3, 0.4) is 0 Å². The lowest BCUT2D eigenvalue weighted by Crippen LogP contribution is -2.37. The second-order valence-corrected chi connectivity index (χ2v) is 4.06. The monoisotopic (exact) mass is 192 g/mol. The van der Waals surface area contributed by atoms with Gasteiger partial charge in [0.05, 0.1) is 6.10 Å². The van der Waals surface area contributed by atoms with Gasteiger partial charge in [0.25, 0.3) is 0 Å². The molecule has 3 heteroatoms. The van der Waals surface area contributed by atoms with Crippen LogP contribution in [0, 0.1) is 5.92 Å². The maximum atomic E-state index is 9.17. The van der Waals surface area contributed by atoms with Crippen molar-refractivity contribution in [3.8, 4) is 0 Å². The van der Waals surface area contributed by atoms with Gasteiger partial charge in [-0.3, -0.25) is 0 Å². The molecule has 76 valence electrons. The highest BCUT2D eigenvalue weighted by Crippen LogP contribution is 2.28. The van der Waals surface area contributed by atoms with E-state index in [0.717, 1.165) is 25.2 Å². The minimum Gasteiger partial charge on any atom is -0.393 e. The third-order valence-electron chi connectivity index (χ3n) is 2.78. The Balaban J connectivity index is 1.87. The van der Waals surface area contributed by atoms with Crippen molar-refractivity contribution >= 4 is 5.82 Å². The lowest BCUT2D eigenvalue weighted by atomic mass is 9.82. The zero-order valence-corrected chi connectivity index (χ0v) is 8.43. The van der Waals surface area contributed by atoms with E-state index in [1.165, 1.54) is 0 Å². The van der Waals surface area contributed by atoms with E-state index in [1.54, 1.807) is 6.20 Å². The summed E-state index contributed by atoms with van der Waals surface area (Å²) >= 11 is 0. The maximum Gasteiger partial charge on any atom is 0.128 e. The first-order valence-corrected chi connectivity index (χ1v) is 5.06. The van der Waals surface area contributed by atoms with Gasteiger partial charge in [-0.15, -0.1) is 0 Å². The summed E-state index contributed by atoms with van der Waals surface area (Å²) in [5.41, 5.74) is 0. The van der Waals surface area contributed by atoms with Gasteiger partial charge >= 0.3 is 0 Å². The van der Waals surface area contributed by atoms with Crippen molar-refractivity contribution in [3.05, 3.63) is 24.4 Å². The summed E-state index contributed by atoms with van der Waals surface area (Å²) in [5, 5.41) is 9.17. The summed E-state index contributed by atoms with van der Waals surface area (Å²) in [7, 11) is 2.05. The molecule has 0 aliphatic heterocycles. The number of hydrogen-bond acceptors (Lipinski definition) is 3.